The largest absolute Gasteiger partial charge is 0.487 e. The van der Waals surface area contributed by atoms with E-state index in [0.29, 0.717) is 28.1 Å². The molecule has 9 heteroatoms. The minimum atomic E-state index is -0.230. The number of thiazole rings is 1. The van der Waals surface area contributed by atoms with Gasteiger partial charge in [-0.25, -0.2) is 4.98 Å². The third-order valence-electron chi connectivity index (χ3n) is 3.81. The molecule has 2 heterocycles. The smallest absolute Gasteiger partial charge is 0.257 e. The number of halogens is 1. The number of hydrogen-bond acceptors (Lipinski definition) is 7. The van der Waals surface area contributed by atoms with Gasteiger partial charge in [0.25, 0.3) is 5.91 Å². The van der Waals surface area contributed by atoms with E-state index in [1.165, 1.54) is 23.1 Å². The fraction of sp³-hybridized carbons (Fsp3) is 0.111. The molecule has 2 aromatic carbocycles. The van der Waals surface area contributed by atoms with Gasteiger partial charge in [0.1, 0.15) is 18.1 Å². The van der Waals surface area contributed by atoms with E-state index in [0.717, 1.165) is 21.6 Å². The van der Waals surface area contributed by atoms with Crippen molar-refractivity contribution >= 4 is 55.9 Å². The molecular weight excluding hydrogens is 404 g/mol. The van der Waals surface area contributed by atoms with Gasteiger partial charge in [-0.1, -0.05) is 22.9 Å². The highest BCUT2D eigenvalue weighted by Crippen LogP contribution is 2.28. The highest BCUT2D eigenvalue weighted by Gasteiger charge is 2.11. The van der Waals surface area contributed by atoms with Crippen molar-refractivity contribution in [2.45, 2.75) is 13.5 Å². The zero-order valence-electron chi connectivity index (χ0n) is 14.1. The Balaban J connectivity index is 1.41. The van der Waals surface area contributed by atoms with E-state index in [4.69, 9.17) is 16.3 Å². The molecule has 4 aromatic rings. The summed E-state index contributed by atoms with van der Waals surface area (Å²) >= 11 is 8.53. The molecule has 136 valence electrons. The third kappa shape index (κ3) is 4.08. The van der Waals surface area contributed by atoms with Crippen LogP contribution in [0.2, 0.25) is 5.02 Å². The highest BCUT2D eigenvalue weighted by atomic mass is 35.5. The van der Waals surface area contributed by atoms with Crippen molar-refractivity contribution in [3.63, 3.8) is 0 Å². The van der Waals surface area contributed by atoms with Crippen LogP contribution in [0.1, 0.15) is 21.7 Å². The predicted molar refractivity (Wildman–Crippen MR) is 108 cm³/mol. The minimum absolute atomic E-state index is 0.230. The van der Waals surface area contributed by atoms with E-state index >= 15 is 0 Å². The number of aromatic nitrogens is 3. The van der Waals surface area contributed by atoms with Gasteiger partial charge in [-0.3, -0.25) is 10.1 Å². The van der Waals surface area contributed by atoms with Crippen LogP contribution < -0.4 is 10.1 Å². The molecule has 0 aliphatic rings. The molecule has 0 aliphatic heterocycles. The maximum atomic E-state index is 12.4. The fourth-order valence-electron chi connectivity index (χ4n) is 2.36. The van der Waals surface area contributed by atoms with Gasteiger partial charge in [-0.05, 0) is 49.4 Å². The van der Waals surface area contributed by atoms with E-state index in [2.05, 4.69) is 19.0 Å². The zero-order valence-corrected chi connectivity index (χ0v) is 16.5. The predicted octanol–water partition coefficient (Wildman–Crippen LogP) is 4.94. The minimum Gasteiger partial charge on any atom is -0.487 e. The number of ether oxygens (including phenoxy) is 1. The molecule has 27 heavy (non-hydrogen) atoms. The molecule has 6 nitrogen and oxygen atoms in total. The van der Waals surface area contributed by atoms with Crippen LogP contribution in [0.3, 0.4) is 0 Å². The summed E-state index contributed by atoms with van der Waals surface area (Å²) in [7, 11) is 0. The second-order valence-electron chi connectivity index (χ2n) is 5.69. The summed E-state index contributed by atoms with van der Waals surface area (Å²) < 4.78 is 14.9. The van der Waals surface area contributed by atoms with Crippen molar-refractivity contribution in [1.82, 2.24) is 13.7 Å². The Bertz CT molecular complexity index is 1110. The van der Waals surface area contributed by atoms with Crippen molar-refractivity contribution in [3.8, 4) is 5.75 Å². The maximum Gasteiger partial charge on any atom is 0.257 e. The number of hydrogen-bond donors (Lipinski definition) is 1. The second kappa shape index (κ2) is 7.59. The van der Waals surface area contributed by atoms with Crippen LogP contribution in [0.25, 0.3) is 10.2 Å². The van der Waals surface area contributed by atoms with Gasteiger partial charge < -0.3 is 4.74 Å². The highest BCUT2D eigenvalue weighted by molar-refractivity contribution is 7.22. The Hall–Kier alpha value is -2.55. The van der Waals surface area contributed by atoms with Crippen LogP contribution in [0, 0.1) is 6.92 Å². The molecular formula is C18H13ClN4O2S2. The SMILES string of the molecule is Cc1nsnc1COc1ccc(C(=O)Nc2nc3ccc(Cl)cc3s2)cc1. The number of fused-ring (bicyclic) bond motifs is 1. The normalized spacial score (nSPS) is 10.9. The van der Waals surface area contributed by atoms with E-state index in [-0.39, 0.29) is 5.91 Å². The van der Waals surface area contributed by atoms with Gasteiger partial charge in [-0.15, -0.1) is 0 Å². The molecule has 1 amide bonds. The average molecular weight is 417 g/mol. The van der Waals surface area contributed by atoms with Gasteiger partial charge in [0.15, 0.2) is 5.13 Å². The van der Waals surface area contributed by atoms with E-state index in [1.54, 1.807) is 30.3 Å². The Morgan fingerprint density at radius 2 is 2.00 bits per heavy atom. The Kier molecular flexibility index (Phi) is 5.02. The van der Waals surface area contributed by atoms with Crippen molar-refractivity contribution in [2.24, 2.45) is 0 Å². The molecule has 0 bridgehead atoms. The molecule has 4 rings (SSSR count). The zero-order chi connectivity index (χ0) is 18.8. The quantitative estimate of drug-likeness (QED) is 0.498. The maximum absolute atomic E-state index is 12.4. The lowest BCUT2D eigenvalue weighted by Crippen LogP contribution is -2.11. The number of aryl methyl sites for hydroxylation is 1. The monoisotopic (exact) mass is 416 g/mol. The first kappa shape index (κ1) is 17.8. The molecule has 0 fully saturated rings. The summed E-state index contributed by atoms with van der Waals surface area (Å²) in [6.45, 7) is 2.24. The number of rotatable bonds is 5. The van der Waals surface area contributed by atoms with Gasteiger partial charge in [-0.2, -0.15) is 8.75 Å². The Labute approximate surface area is 168 Å². The van der Waals surface area contributed by atoms with Gasteiger partial charge in [0, 0.05) is 10.6 Å². The molecule has 0 spiro atoms. The summed E-state index contributed by atoms with van der Waals surface area (Å²) in [6, 6.07) is 12.4. The lowest BCUT2D eigenvalue weighted by Gasteiger charge is -2.06. The van der Waals surface area contributed by atoms with Crippen LogP contribution in [0.4, 0.5) is 5.13 Å². The van der Waals surface area contributed by atoms with Crippen LogP contribution in [-0.4, -0.2) is 19.6 Å². The molecule has 1 N–H and O–H groups in total. The summed E-state index contributed by atoms with van der Waals surface area (Å²) in [4.78, 5) is 16.8. The molecule has 0 atom stereocenters. The van der Waals surface area contributed by atoms with Gasteiger partial charge in [0.05, 0.1) is 27.6 Å². The van der Waals surface area contributed by atoms with Crippen molar-refractivity contribution in [2.75, 3.05) is 5.32 Å². The van der Waals surface area contributed by atoms with Crippen LogP contribution >= 0.6 is 34.7 Å². The topological polar surface area (TPSA) is 77.0 Å². The summed E-state index contributed by atoms with van der Waals surface area (Å²) in [6.07, 6.45) is 0. The van der Waals surface area contributed by atoms with Gasteiger partial charge in [0.2, 0.25) is 0 Å². The molecule has 0 saturated carbocycles. The second-order valence-corrected chi connectivity index (χ2v) is 7.69. The van der Waals surface area contributed by atoms with E-state index < -0.39 is 0 Å². The van der Waals surface area contributed by atoms with E-state index in [9.17, 15) is 4.79 Å². The Morgan fingerprint density at radius 3 is 2.74 bits per heavy atom. The van der Waals surface area contributed by atoms with Crippen LogP contribution in [0.15, 0.2) is 42.5 Å². The first-order valence-electron chi connectivity index (χ1n) is 7.97. The summed E-state index contributed by atoms with van der Waals surface area (Å²) in [5.74, 6) is 0.430. The molecule has 2 aromatic heterocycles. The standard InChI is InChI=1S/C18H13ClN4O2S2/c1-10-15(23-27-22-10)9-25-13-5-2-11(3-6-13)17(24)21-18-20-14-7-4-12(19)8-16(14)26-18/h2-8H,9H2,1H3,(H,20,21,24). The first-order chi connectivity index (χ1) is 13.1. The van der Waals surface area contributed by atoms with E-state index in [1.807, 2.05) is 19.1 Å². The van der Waals surface area contributed by atoms with Crippen LogP contribution in [-0.2, 0) is 6.61 Å². The molecule has 0 radical (unpaired) electrons. The number of amides is 1. The number of anilines is 1. The lowest BCUT2D eigenvalue weighted by molar-refractivity contribution is 0.102. The van der Waals surface area contributed by atoms with Gasteiger partial charge >= 0.3 is 0 Å². The first-order valence-corrected chi connectivity index (χ1v) is 9.89. The fourth-order valence-corrected chi connectivity index (χ4v) is 4.04. The third-order valence-corrected chi connectivity index (χ3v) is 5.64. The number of carbonyl (C=O) groups is 1. The average Bonchev–Trinajstić information content (AvgIpc) is 3.25. The number of benzene rings is 2. The van der Waals surface area contributed by atoms with Crippen molar-refractivity contribution in [1.29, 1.82) is 0 Å². The lowest BCUT2D eigenvalue weighted by atomic mass is 10.2. The van der Waals surface area contributed by atoms with Crippen LogP contribution in [0.5, 0.6) is 5.75 Å². The van der Waals surface area contributed by atoms with Crippen molar-refractivity contribution in [3.05, 3.63) is 64.4 Å². The number of carbonyl (C=O) groups excluding carboxylic acids is 1. The molecule has 0 aliphatic carbocycles. The molecule has 0 unspecified atom stereocenters. The number of nitrogens with one attached hydrogen (secondary N) is 1. The summed E-state index contributed by atoms with van der Waals surface area (Å²) in [5, 5.41) is 3.99. The van der Waals surface area contributed by atoms with Crippen molar-refractivity contribution < 1.29 is 9.53 Å². The number of nitrogens with zero attached hydrogens (tertiary/aromatic N) is 3. The summed E-state index contributed by atoms with van der Waals surface area (Å²) in [5.41, 5.74) is 3.01. The molecule has 0 saturated heterocycles. The Morgan fingerprint density at radius 1 is 1.19 bits per heavy atom.